The normalized spacial score (nSPS) is 13.8. The van der Waals surface area contributed by atoms with Gasteiger partial charge in [-0.3, -0.25) is 9.59 Å². The summed E-state index contributed by atoms with van der Waals surface area (Å²) < 4.78 is 0. The van der Waals surface area contributed by atoms with Crippen molar-refractivity contribution in [3.63, 3.8) is 0 Å². The predicted octanol–water partition coefficient (Wildman–Crippen LogP) is 1.22. The van der Waals surface area contributed by atoms with Gasteiger partial charge in [-0.2, -0.15) is 0 Å². The Bertz CT molecular complexity index is 425. The molecule has 0 atom stereocenters. The third kappa shape index (κ3) is 1.01. The van der Waals surface area contributed by atoms with Crippen molar-refractivity contribution in [2.75, 3.05) is 5.32 Å². The Labute approximate surface area is 72.7 Å². The number of hydrogen-bond donors (Lipinski definition) is 1. The zero-order valence-corrected chi connectivity index (χ0v) is 6.40. The molecular formula is C8H4N2O3. The van der Waals surface area contributed by atoms with Gasteiger partial charge in [-0.15, -0.1) is 4.91 Å². The van der Waals surface area contributed by atoms with Gasteiger partial charge in [-0.25, -0.2) is 0 Å². The molecule has 0 unspecified atom stereocenters. The number of Topliss-reactive ketones (excluding diaryl/α,β-unsaturated/α-hetero) is 1. The number of benzene rings is 1. The van der Waals surface area contributed by atoms with Gasteiger partial charge in [0.15, 0.2) is 0 Å². The van der Waals surface area contributed by atoms with Crippen LogP contribution in [0.3, 0.4) is 0 Å². The van der Waals surface area contributed by atoms with Crippen molar-refractivity contribution in [1.29, 1.82) is 0 Å². The summed E-state index contributed by atoms with van der Waals surface area (Å²) in [5.41, 5.74) is 0.785. The van der Waals surface area contributed by atoms with Gasteiger partial charge in [0.25, 0.3) is 11.7 Å². The molecule has 0 radical (unpaired) electrons. The van der Waals surface area contributed by atoms with Crippen LogP contribution in [-0.4, -0.2) is 11.7 Å². The van der Waals surface area contributed by atoms with Crippen molar-refractivity contribution in [2.45, 2.75) is 0 Å². The van der Waals surface area contributed by atoms with Crippen molar-refractivity contribution in [3.8, 4) is 0 Å². The molecule has 1 aliphatic heterocycles. The lowest BCUT2D eigenvalue weighted by atomic mass is 10.1. The molecule has 0 spiro atoms. The van der Waals surface area contributed by atoms with E-state index in [-0.39, 0.29) is 11.3 Å². The first-order valence-corrected chi connectivity index (χ1v) is 3.55. The zero-order valence-electron chi connectivity index (χ0n) is 6.40. The van der Waals surface area contributed by atoms with E-state index in [1.807, 2.05) is 0 Å². The number of anilines is 1. The quantitative estimate of drug-likeness (QED) is 0.516. The van der Waals surface area contributed by atoms with E-state index in [2.05, 4.69) is 10.5 Å². The van der Waals surface area contributed by atoms with Crippen LogP contribution in [0, 0.1) is 4.91 Å². The highest BCUT2D eigenvalue weighted by Crippen LogP contribution is 2.26. The second-order valence-electron chi connectivity index (χ2n) is 2.60. The highest BCUT2D eigenvalue weighted by Gasteiger charge is 2.27. The lowest BCUT2D eigenvalue weighted by Gasteiger charge is -1.94. The fourth-order valence-electron chi connectivity index (χ4n) is 1.19. The summed E-state index contributed by atoms with van der Waals surface area (Å²) in [6.07, 6.45) is 0. The van der Waals surface area contributed by atoms with Crippen LogP contribution in [0.2, 0.25) is 0 Å². The monoisotopic (exact) mass is 176 g/mol. The summed E-state index contributed by atoms with van der Waals surface area (Å²) in [7, 11) is 0. The third-order valence-electron chi connectivity index (χ3n) is 1.81. The van der Waals surface area contributed by atoms with Crippen LogP contribution in [0.15, 0.2) is 23.4 Å². The molecule has 0 aromatic heterocycles. The summed E-state index contributed by atoms with van der Waals surface area (Å²) in [6, 6.07) is 4.21. The summed E-state index contributed by atoms with van der Waals surface area (Å²) in [5, 5.41) is 5.03. The first kappa shape index (κ1) is 7.60. The molecule has 0 aliphatic carbocycles. The van der Waals surface area contributed by atoms with Crippen LogP contribution < -0.4 is 5.32 Å². The lowest BCUT2D eigenvalue weighted by Crippen LogP contribution is -2.12. The molecule has 1 amide bonds. The van der Waals surface area contributed by atoms with E-state index in [4.69, 9.17) is 0 Å². The van der Waals surface area contributed by atoms with E-state index in [0.717, 1.165) is 0 Å². The number of carbonyl (C=O) groups is 2. The molecule has 2 rings (SSSR count). The number of hydrogen-bond acceptors (Lipinski definition) is 4. The van der Waals surface area contributed by atoms with Crippen LogP contribution in [0.4, 0.5) is 11.4 Å². The van der Waals surface area contributed by atoms with E-state index < -0.39 is 11.7 Å². The number of nitrogens with zero attached hydrogens (tertiary/aromatic N) is 1. The first-order chi connectivity index (χ1) is 6.22. The van der Waals surface area contributed by atoms with Crippen LogP contribution in [0.1, 0.15) is 10.4 Å². The van der Waals surface area contributed by atoms with E-state index in [1.165, 1.54) is 18.2 Å². The topological polar surface area (TPSA) is 75.6 Å². The minimum Gasteiger partial charge on any atom is -0.318 e. The third-order valence-corrected chi connectivity index (χ3v) is 1.81. The van der Waals surface area contributed by atoms with Gasteiger partial charge in [0.2, 0.25) is 0 Å². The Kier molecular flexibility index (Phi) is 1.45. The Morgan fingerprint density at radius 2 is 2.00 bits per heavy atom. The Morgan fingerprint density at radius 1 is 1.23 bits per heavy atom. The standard InChI is InChI=1S/C8H4N2O3/c11-7-5-3-4(10-13)1-2-6(5)9-8(7)12/h1-3H,(H,9,11,12). The van der Waals surface area contributed by atoms with Crippen LogP contribution >= 0.6 is 0 Å². The molecule has 1 aliphatic rings. The fourth-order valence-corrected chi connectivity index (χ4v) is 1.19. The molecule has 1 heterocycles. The molecule has 1 aromatic carbocycles. The van der Waals surface area contributed by atoms with Gasteiger partial charge in [-0.05, 0) is 23.4 Å². The van der Waals surface area contributed by atoms with Crippen molar-refractivity contribution >= 4 is 23.1 Å². The maximum absolute atomic E-state index is 11.1. The van der Waals surface area contributed by atoms with Gasteiger partial charge >= 0.3 is 0 Å². The van der Waals surface area contributed by atoms with Crippen molar-refractivity contribution in [3.05, 3.63) is 28.7 Å². The number of fused-ring (bicyclic) bond motifs is 1. The van der Waals surface area contributed by atoms with Crippen LogP contribution in [0.5, 0.6) is 0 Å². The Balaban J connectivity index is 2.60. The number of nitroso groups, excluding NO2 is 1. The predicted molar refractivity (Wildman–Crippen MR) is 44.9 cm³/mol. The lowest BCUT2D eigenvalue weighted by molar-refractivity contribution is -0.112. The zero-order chi connectivity index (χ0) is 9.42. The number of nitrogens with one attached hydrogen (secondary N) is 1. The molecule has 0 saturated heterocycles. The average molecular weight is 176 g/mol. The SMILES string of the molecule is O=Nc1ccc2c(c1)C(=O)C(=O)N2. The molecule has 0 saturated carbocycles. The largest absolute Gasteiger partial charge is 0.318 e. The molecule has 1 N–H and O–H groups in total. The van der Waals surface area contributed by atoms with Crippen molar-refractivity contribution in [2.24, 2.45) is 5.18 Å². The van der Waals surface area contributed by atoms with Crippen LogP contribution in [-0.2, 0) is 4.79 Å². The molecular weight excluding hydrogens is 172 g/mol. The van der Waals surface area contributed by atoms with Gasteiger partial charge < -0.3 is 5.32 Å². The van der Waals surface area contributed by atoms with Crippen molar-refractivity contribution < 1.29 is 9.59 Å². The molecule has 0 fully saturated rings. The molecule has 64 valence electrons. The maximum Gasteiger partial charge on any atom is 0.296 e. The minimum absolute atomic E-state index is 0.142. The van der Waals surface area contributed by atoms with Gasteiger partial charge in [0, 0.05) is 0 Å². The summed E-state index contributed by atoms with van der Waals surface area (Å²) in [4.78, 5) is 32.1. The molecule has 13 heavy (non-hydrogen) atoms. The highest BCUT2D eigenvalue weighted by atomic mass is 16.3. The fraction of sp³-hybridized carbons (Fsp3) is 0. The Hall–Kier alpha value is -2.04. The minimum atomic E-state index is -0.668. The van der Waals surface area contributed by atoms with Crippen molar-refractivity contribution in [1.82, 2.24) is 0 Å². The molecule has 5 heteroatoms. The highest BCUT2D eigenvalue weighted by molar-refractivity contribution is 6.51. The van der Waals surface area contributed by atoms with E-state index >= 15 is 0 Å². The number of rotatable bonds is 1. The molecule has 1 aromatic rings. The second kappa shape index (κ2) is 2.48. The second-order valence-corrected chi connectivity index (χ2v) is 2.60. The molecule has 0 bridgehead atoms. The molecule has 5 nitrogen and oxygen atoms in total. The van der Waals surface area contributed by atoms with E-state index in [9.17, 15) is 14.5 Å². The van der Waals surface area contributed by atoms with E-state index in [0.29, 0.717) is 5.69 Å². The summed E-state index contributed by atoms with van der Waals surface area (Å²) in [5.74, 6) is -1.29. The Morgan fingerprint density at radius 3 is 2.69 bits per heavy atom. The van der Waals surface area contributed by atoms with E-state index in [1.54, 1.807) is 0 Å². The van der Waals surface area contributed by atoms with Gasteiger partial charge in [0.05, 0.1) is 11.3 Å². The average Bonchev–Trinajstić information content (AvgIpc) is 2.43. The van der Waals surface area contributed by atoms with Gasteiger partial charge in [-0.1, -0.05) is 0 Å². The number of carbonyl (C=O) groups excluding carboxylic acids is 2. The van der Waals surface area contributed by atoms with Gasteiger partial charge in [0.1, 0.15) is 5.69 Å². The maximum atomic E-state index is 11.1. The number of amides is 1. The number of ketones is 1. The summed E-state index contributed by atoms with van der Waals surface area (Å²) >= 11 is 0. The summed E-state index contributed by atoms with van der Waals surface area (Å²) in [6.45, 7) is 0. The first-order valence-electron chi connectivity index (χ1n) is 3.55. The smallest absolute Gasteiger partial charge is 0.296 e. The van der Waals surface area contributed by atoms with Crippen LogP contribution in [0.25, 0.3) is 0 Å².